The number of amides is 1. The Bertz CT molecular complexity index is 311. The molecule has 0 aliphatic rings. The highest BCUT2D eigenvalue weighted by atomic mass is 79.9. The van der Waals surface area contributed by atoms with Gasteiger partial charge in [-0.25, -0.2) is 0 Å². The summed E-state index contributed by atoms with van der Waals surface area (Å²) in [6, 6.07) is 4.22. The normalized spacial score (nSPS) is 12.5. The summed E-state index contributed by atoms with van der Waals surface area (Å²) in [5.41, 5.74) is 0. The Morgan fingerprint density at radius 1 is 1.64 bits per heavy atom. The number of hydrogen-bond acceptors (Lipinski definition) is 2. The number of hydrogen-bond donors (Lipinski definition) is 1. The topological polar surface area (TPSA) is 29.1 Å². The lowest BCUT2D eigenvalue weighted by Crippen LogP contribution is -2.32. The van der Waals surface area contributed by atoms with Gasteiger partial charge in [0.25, 0.3) is 0 Å². The molecule has 2 nitrogen and oxygen atoms in total. The van der Waals surface area contributed by atoms with E-state index in [1.807, 2.05) is 19.1 Å². The molecule has 1 aromatic heterocycles. The van der Waals surface area contributed by atoms with Crippen molar-refractivity contribution in [2.24, 2.45) is 0 Å². The first-order valence-corrected chi connectivity index (χ1v) is 6.26. The predicted molar refractivity (Wildman–Crippen MR) is 63.6 cm³/mol. The second kappa shape index (κ2) is 5.51. The van der Waals surface area contributed by atoms with Crippen molar-refractivity contribution >= 4 is 33.2 Å². The third-order valence-electron chi connectivity index (χ3n) is 1.98. The molecule has 1 N–H and O–H groups in total. The van der Waals surface area contributed by atoms with E-state index in [-0.39, 0.29) is 11.9 Å². The van der Waals surface area contributed by atoms with Gasteiger partial charge in [0, 0.05) is 10.9 Å². The van der Waals surface area contributed by atoms with Crippen LogP contribution in [0.15, 0.2) is 15.9 Å². The summed E-state index contributed by atoms with van der Waals surface area (Å²) in [5.74, 6) is 0.105. The van der Waals surface area contributed by atoms with E-state index in [4.69, 9.17) is 0 Å². The number of thiophene rings is 1. The minimum absolute atomic E-state index is 0.105. The third-order valence-corrected chi connectivity index (χ3v) is 3.61. The molecule has 4 heteroatoms. The molecule has 1 amide bonds. The van der Waals surface area contributed by atoms with Gasteiger partial charge in [-0.3, -0.25) is 4.79 Å². The van der Waals surface area contributed by atoms with Gasteiger partial charge in [0.05, 0.1) is 10.2 Å². The Hall–Kier alpha value is -0.350. The monoisotopic (exact) mass is 275 g/mol. The van der Waals surface area contributed by atoms with Gasteiger partial charge in [-0.2, -0.15) is 0 Å². The van der Waals surface area contributed by atoms with Gasteiger partial charge >= 0.3 is 0 Å². The van der Waals surface area contributed by atoms with Crippen molar-refractivity contribution in [3.63, 3.8) is 0 Å². The van der Waals surface area contributed by atoms with Crippen molar-refractivity contribution in [3.8, 4) is 0 Å². The first kappa shape index (κ1) is 11.7. The van der Waals surface area contributed by atoms with E-state index >= 15 is 0 Å². The molecule has 1 rings (SSSR count). The zero-order valence-electron chi connectivity index (χ0n) is 8.34. The van der Waals surface area contributed by atoms with Crippen molar-refractivity contribution in [2.75, 3.05) is 0 Å². The lowest BCUT2D eigenvalue weighted by molar-refractivity contribution is -0.121. The first-order valence-electron chi connectivity index (χ1n) is 4.65. The zero-order valence-corrected chi connectivity index (χ0v) is 10.7. The molecule has 0 aromatic carbocycles. The molecule has 1 atom stereocenters. The first-order chi connectivity index (χ1) is 6.61. The Morgan fingerprint density at radius 2 is 2.36 bits per heavy atom. The van der Waals surface area contributed by atoms with Crippen LogP contribution in [0.1, 0.15) is 25.1 Å². The molecule has 1 heterocycles. The van der Waals surface area contributed by atoms with Crippen LogP contribution < -0.4 is 5.32 Å². The van der Waals surface area contributed by atoms with Gasteiger partial charge in [0.1, 0.15) is 0 Å². The summed E-state index contributed by atoms with van der Waals surface area (Å²) >= 11 is 4.98. The molecular formula is C10H14BrNOS. The van der Waals surface area contributed by atoms with E-state index in [2.05, 4.69) is 28.2 Å². The van der Waals surface area contributed by atoms with Gasteiger partial charge in [-0.05, 0) is 41.4 Å². The average molecular weight is 276 g/mol. The van der Waals surface area contributed by atoms with E-state index in [0.29, 0.717) is 6.42 Å². The summed E-state index contributed by atoms with van der Waals surface area (Å²) in [7, 11) is 0. The summed E-state index contributed by atoms with van der Waals surface area (Å²) in [4.78, 5) is 12.6. The summed E-state index contributed by atoms with van der Waals surface area (Å²) in [6.07, 6.45) is 1.46. The summed E-state index contributed by atoms with van der Waals surface area (Å²) in [6.45, 7) is 4.08. The second-order valence-electron chi connectivity index (χ2n) is 3.26. The van der Waals surface area contributed by atoms with Crippen LogP contribution in [0, 0.1) is 0 Å². The van der Waals surface area contributed by atoms with Crippen LogP contribution in [-0.2, 0) is 11.2 Å². The van der Waals surface area contributed by atoms with E-state index in [0.717, 1.165) is 15.1 Å². The highest BCUT2D eigenvalue weighted by molar-refractivity contribution is 9.11. The van der Waals surface area contributed by atoms with Crippen molar-refractivity contribution < 1.29 is 4.79 Å². The molecule has 0 fully saturated rings. The Labute approximate surface area is 96.8 Å². The smallest absolute Gasteiger partial charge is 0.225 e. The fraction of sp³-hybridized carbons (Fsp3) is 0.500. The van der Waals surface area contributed by atoms with Gasteiger partial charge in [-0.15, -0.1) is 11.3 Å². The van der Waals surface area contributed by atoms with E-state index in [9.17, 15) is 4.79 Å². The van der Waals surface area contributed by atoms with E-state index in [1.165, 1.54) is 0 Å². The number of carbonyl (C=O) groups is 1. The number of nitrogens with one attached hydrogen (secondary N) is 1. The maximum absolute atomic E-state index is 11.5. The largest absolute Gasteiger partial charge is 0.353 e. The maximum atomic E-state index is 11.5. The number of rotatable bonds is 4. The van der Waals surface area contributed by atoms with Gasteiger partial charge in [0.2, 0.25) is 5.91 Å². The van der Waals surface area contributed by atoms with E-state index in [1.54, 1.807) is 11.3 Å². The predicted octanol–water partition coefficient (Wildman–Crippen LogP) is 2.97. The molecule has 14 heavy (non-hydrogen) atoms. The molecule has 0 spiro atoms. The minimum Gasteiger partial charge on any atom is -0.353 e. The van der Waals surface area contributed by atoms with Crippen molar-refractivity contribution in [3.05, 3.63) is 20.8 Å². The standard InChI is InChI=1S/C10H14BrNOS/c1-3-7(2)12-10(13)6-8-4-5-9(11)14-8/h4-5,7H,3,6H2,1-2H3,(H,12,13). The number of carbonyl (C=O) groups excluding carboxylic acids is 1. The lowest BCUT2D eigenvalue weighted by Gasteiger charge is -2.10. The van der Waals surface area contributed by atoms with Crippen LogP contribution in [0.2, 0.25) is 0 Å². The van der Waals surface area contributed by atoms with Crippen LogP contribution in [0.5, 0.6) is 0 Å². The zero-order chi connectivity index (χ0) is 10.6. The van der Waals surface area contributed by atoms with Crippen LogP contribution in [-0.4, -0.2) is 11.9 Å². The minimum atomic E-state index is 0.105. The lowest BCUT2D eigenvalue weighted by atomic mass is 10.2. The van der Waals surface area contributed by atoms with Gasteiger partial charge in [-0.1, -0.05) is 6.92 Å². The Morgan fingerprint density at radius 3 is 2.86 bits per heavy atom. The molecule has 0 bridgehead atoms. The number of halogens is 1. The van der Waals surface area contributed by atoms with Gasteiger partial charge in [0.15, 0.2) is 0 Å². The van der Waals surface area contributed by atoms with Crippen LogP contribution in [0.3, 0.4) is 0 Å². The molecule has 0 saturated carbocycles. The van der Waals surface area contributed by atoms with Crippen LogP contribution in [0.4, 0.5) is 0 Å². The molecule has 0 aliphatic carbocycles. The summed E-state index contributed by atoms with van der Waals surface area (Å²) < 4.78 is 1.07. The van der Waals surface area contributed by atoms with Gasteiger partial charge < -0.3 is 5.32 Å². The molecule has 1 aromatic rings. The highest BCUT2D eigenvalue weighted by Gasteiger charge is 2.07. The average Bonchev–Trinajstić information content (AvgIpc) is 2.50. The molecule has 0 aliphatic heterocycles. The molecule has 0 radical (unpaired) electrons. The second-order valence-corrected chi connectivity index (χ2v) is 5.81. The summed E-state index contributed by atoms with van der Waals surface area (Å²) in [5, 5.41) is 2.94. The molecular weight excluding hydrogens is 262 g/mol. The highest BCUT2D eigenvalue weighted by Crippen LogP contribution is 2.22. The van der Waals surface area contributed by atoms with Crippen molar-refractivity contribution in [1.82, 2.24) is 5.32 Å². The Kier molecular flexibility index (Phi) is 4.62. The van der Waals surface area contributed by atoms with Crippen LogP contribution in [0.25, 0.3) is 0 Å². The molecule has 78 valence electrons. The van der Waals surface area contributed by atoms with Crippen molar-refractivity contribution in [2.45, 2.75) is 32.7 Å². The Balaban J connectivity index is 2.41. The van der Waals surface area contributed by atoms with Crippen molar-refractivity contribution in [1.29, 1.82) is 0 Å². The quantitative estimate of drug-likeness (QED) is 0.900. The third kappa shape index (κ3) is 3.80. The fourth-order valence-electron chi connectivity index (χ4n) is 1.03. The van der Waals surface area contributed by atoms with Crippen LogP contribution >= 0.6 is 27.3 Å². The molecule has 0 saturated heterocycles. The SMILES string of the molecule is CCC(C)NC(=O)Cc1ccc(Br)s1. The maximum Gasteiger partial charge on any atom is 0.225 e. The fourth-order valence-corrected chi connectivity index (χ4v) is 2.51. The van der Waals surface area contributed by atoms with E-state index < -0.39 is 0 Å². The molecule has 1 unspecified atom stereocenters.